The molecule has 0 saturated carbocycles. The highest BCUT2D eigenvalue weighted by Crippen LogP contribution is 2.31. The van der Waals surface area contributed by atoms with Crippen molar-refractivity contribution < 1.29 is 4.79 Å². The molecule has 0 aromatic heterocycles. The molecule has 2 nitrogen and oxygen atoms in total. The first-order chi connectivity index (χ1) is 7.49. The number of carbonyl (C=O) groups excluding carboxylic acids is 1. The summed E-state index contributed by atoms with van der Waals surface area (Å²) in [6.45, 7) is 5.10. The smallest absolute Gasteiger partial charge is 0.225 e. The molecule has 0 atom stereocenters. The molecule has 0 N–H and O–H groups in total. The van der Waals surface area contributed by atoms with Crippen LogP contribution in [0.2, 0.25) is 10.0 Å². The molecule has 0 aliphatic carbocycles. The highest BCUT2D eigenvalue weighted by Gasteiger charge is 2.25. The summed E-state index contributed by atoms with van der Waals surface area (Å²) in [5.74, 6) is 0.198. The van der Waals surface area contributed by atoms with E-state index in [0.29, 0.717) is 23.1 Å². The minimum absolute atomic E-state index is 0.0280. The predicted molar refractivity (Wildman–Crippen MR) is 65.6 cm³/mol. The minimum atomic E-state index is 0.0280. The second-order valence-corrected chi connectivity index (χ2v) is 5.20. The van der Waals surface area contributed by atoms with Crippen LogP contribution in [0.15, 0.2) is 12.1 Å². The summed E-state index contributed by atoms with van der Waals surface area (Å²) in [6.07, 6.45) is 0. The van der Waals surface area contributed by atoms with E-state index in [9.17, 15) is 4.79 Å². The molecule has 16 heavy (non-hydrogen) atoms. The Morgan fingerprint density at radius 3 is 2.00 bits per heavy atom. The van der Waals surface area contributed by atoms with Crippen molar-refractivity contribution in [1.82, 2.24) is 4.90 Å². The van der Waals surface area contributed by atoms with Gasteiger partial charge in [0.1, 0.15) is 0 Å². The molecule has 2 rings (SSSR count). The number of amides is 1. The average Bonchev–Trinajstić information content (AvgIpc) is 2.60. The Morgan fingerprint density at radius 2 is 1.62 bits per heavy atom. The molecule has 4 heteroatoms. The molecule has 0 saturated heterocycles. The van der Waals surface area contributed by atoms with Crippen molar-refractivity contribution in [3.05, 3.63) is 33.3 Å². The van der Waals surface area contributed by atoms with Gasteiger partial charge in [-0.15, -0.1) is 0 Å². The number of carbonyl (C=O) groups is 1. The maximum Gasteiger partial charge on any atom is 0.225 e. The third kappa shape index (κ3) is 2.04. The van der Waals surface area contributed by atoms with Crippen molar-refractivity contribution >= 4 is 29.1 Å². The molecule has 1 aliphatic heterocycles. The van der Waals surface area contributed by atoms with Gasteiger partial charge in [0.2, 0.25) is 5.91 Å². The Morgan fingerprint density at radius 1 is 1.19 bits per heavy atom. The molecule has 0 fully saturated rings. The summed E-state index contributed by atoms with van der Waals surface area (Å²) >= 11 is 11.9. The van der Waals surface area contributed by atoms with E-state index in [1.165, 1.54) is 0 Å². The molecule has 1 amide bonds. The second-order valence-electron chi connectivity index (χ2n) is 4.38. The van der Waals surface area contributed by atoms with Crippen LogP contribution in [0.1, 0.15) is 25.0 Å². The van der Waals surface area contributed by atoms with Crippen LogP contribution in [0.4, 0.5) is 0 Å². The normalized spacial score (nSPS) is 14.4. The Labute approximate surface area is 105 Å². The number of halogens is 2. The number of fused-ring (bicyclic) bond motifs is 1. The van der Waals surface area contributed by atoms with E-state index in [2.05, 4.69) is 0 Å². The molecule has 1 heterocycles. The lowest BCUT2D eigenvalue weighted by Crippen LogP contribution is -2.29. The number of hydrogen-bond acceptors (Lipinski definition) is 1. The van der Waals surface area contributed by atoms with Crippen molar-refractivity contribution in [2.45, 2.75) is 26.9 Å². The Bertz CT molecular complexity index is 412. The first-order valence-electron chi connectivity index (χ1n) is 5.24. The number of hydrogen-bond donors (Lipinski definition) is 0. The summed E-state index contributed by atoms with van der Waals surface area (Å²) in [7, 11) is 0. The average molecular weight is 258 g/mol. The van der Waals surface area contributed by atoms with E-state index in [1.54, 1.807) is 0 Å². The van der Waals surface area contributed by atoms with E-state index < -0.39 is 0 Å². The van der Waals surface area contributed by atoms with E-state index in [-0.39, 0.29) is 11.8 Å². The standard InChI is InChI=1S/C12H13Cl2NO/c1-7(2)12(16)15-5-8-3-10(13)11(14)4-9(8)6-15/h3-4,7H,5-6H2,1-2H3. The zero-order chi connectivity index (χ0) is 11.9. The maximum atomic E-state index is 11.8. The van der Waals surface area contributed by atoms with Gasteiger partial charge in [0.25, 0.3) is 0 Å². The quantitative estimate of drug-likeness (QED) is 0.755. The zero-order valence-electron chi connectivity index (χ0n) is 9.26. The van der Waals surface area contributed by atoms with Gasteiger partial charge in [-0.3, -0.25) is 4.79 Å². The Kier molecular flexibility index (Phi) is 3.13. The van der Waals surface area contributed by atoms with E-state index in [1.807, 2.05) is 30.9 Å². The predicted octanol–water partition coefficient (Wildman–Crippen LogP) is 3.49. The topological polar surface area (TPSA) is 20.3 Å². The van der Waals surface area contributed by atoms with Crippen LogP contribution in [-0.2, 0) is 17.9 Å². The highest BCUT2D eigenvalue weighted by molar-refractivity contribution is 6.42. The van der Waals surface area contributed by atoms with Crippen molar-refractivity contribution in [1.29, 1.82) is 0 Å². The van der Waals surface area contributed by atoms with Crippen LogP contribution in [0.5, 0.6) is 0 Å². The summed E-state index contributed by atoms with van der Waals surface area (Å²) in [5.41, 5.74) is 2.20. The molecule has 1 aromatic carbocycles. The maximum absolute atomic E-state index is 11.8. The van der Waals surface area contributed by atoms with E-state index >= 15 is 0 Å². The molecule has 1 aromatic rings. The van der Waals surface area contributed by atoms with Crippen molar-refractivity contribution in [2.75, 3.05) is 0 Å². The van der Waals surface area contributed by atoms with Gasteiger partial charge in [0.05, 0.1) is 10.0 Å². The fourth-order valence-electron chi connectivity index (χ4n) is 1.91. The third-order valence-corrected chi connectivity index (χ3v) is 3.49. The molecule has 86 valence electrons. The van der Waals surface area contributed by atoms with Gasteiger partial charge in [-0.05, 0) is 23.3 Å². The number of benzene rings is 1. The minimum Gasteiger partial charge on any atom is -0.334 e. The van der Waals surface area contributed by atoms with Crippen molar-refractivity contribution in [3.8, 4) is 0 Å². The van der Waals surface area contributed by atoms with E-state index in [0.717, 1.165) is 11.1 Å². The summed E-state index contributed by atoms with van der Waals surface area (Å²) in [5, 5.41) is 1.11. The SMILES string of the molecule is CC(C)C(=O)N1Cc2cc(Cl)c(Cl)cc2C1. The lowest BCUT2D eigenvalue weighted by atomic mass is 10.1. The first kappa shape index (κ1) is 11.7. The fourth-order valence-corrected chi connectivity index (χ4v) is 2.28. The molecular formula is C12H13Cl2NO. The second kappa shape index (κ2) is 4.27. The largest absolute Gasteiger partial charge is 0.334 e. The van der Waals surface area contributed by atoms with Crippen LogP contribution in [0.3, 0.4) is 0 Å². The van der Waals surface area contributed by atoms with Crippen molar-refractivity contribution in [3.63, 3.8) is 0 Å². The molecule has 0 spiro atoms. The lowest BCUT2D eigenvalue weighted by Gasteiger charge is -2.17. The Hall–Kier alpha value is -0.730. The fraction of sp³-hybridized carbons (Fsp3) is 0.417. The number of rotatable bonds is 1. The van der Waals surface area contributed by atoms with Gasteiger partial charge in [-0.2, -0.15) is 0 Å². The third-order valence-electron chi connectivity index (χ3n) is 2.77. The summed E-state index contributed by atoms with van der Waals surface area (Å²) in [4.78, 5) is 13.7. The lowest BCUT2D eigenvalue weighted by molar-refractivity contribution is -0.135. The first-order valence-corrected chi connectivity index (χ1v) is 6.00. The van der Waals surface area contributed by atoms with Gasteiger partial charge in [0, 0.05) is 19.0 Å². The van der Waals surface area contributed by atoms with Crippen LogP contribution in [-0.4, -0.2) is 10.8 Å². The molecule has 0 radical (unpaired) electrons. The van der Waals surface area contributed by atoms with Gasteiger partial charge in [-0.25, -0.2) is 0 Å². The summed E-state index contributed by atoms with van der Waals surface area (Å²) in [6, 6.07) is 3.71. The van der Waals surface area contributed by atoms with Gasteiger partial charge >= 0.3 is 0 Å². The van der Waals surface area contributed by atoms with Gasteiger partial charge in [-0.1, -0.05) is 37.0 Å². The van der Waals surface area contributed by atoms with Gasteiger partial charge < -0.3 is 4.90 Å². The Balaban J connectivity index is 2.24. The van der Waals surface area contributed by atoms with Crippen LogP contribution in [0, 0.1) is 5.92 Å². The van der Waals surface area contributed by atoms with Crippen LogP contribution >= 0.6 is 23.2 Å². The van der Waals surface area contributed by atoms with Crippen molar-refractivity contribution in [2.24, 2.45) is 5.92 Å². The van der Waals surface area contributed by atoms with Crippen LogP contribution in [0.25, 0.3) is 0 Å². The van der Waals surface area contributed by atoms with Crippen LogP contribution < -0.4 is 0 Å². The number of nitrogens with zero attached hydrogens (tertiary/aromatic N) is 1. The molecule has 0 unspecified atom stereocenters. The molecule has 1 aliphatic rings. The zero-order valence-corrected chi connectivity index (χ0v) is 10.8. The highest BCUT2D eigenvalue weighted by atomic mass is 35.5. The molecular weight excluding hydrogens is 245 g/mol. The monoisotopic (exact) mass is 257 g/mol. The van der Waals surface area contributed by atoms with Gasteiger partial charge in [0.15, 0.2) is 0 Å². The van der Waals surface area contributed by atoms with E-state index in [4.69, 9.17) is 23.2 Å². The molecule has 0 bridgehead atoms. The summed E-state index contributed by atoms with van der Waals surface area (Å²) < 4.78 is 0.